The van der Waals surface area contributed by atoms with Gasteiger partial charge < -0.3 is 19.7 Å². The first-order valence-electron chi connectivity index (χ1n) is 9.42. The quantitative estimate of drug-likeness (QED) is 0.631. The van der Waals surface area contributed by atoms with Gasteiger partial charge in [0, 0.05) is 50.6 Å². The van der Waals surface area contributed by atoms with E-state index in [9.17, 15) is 0 Å². The fraction of sp³-hybridized carbons (Fsp3) is 0.650. The normalized spacial score (nSPS) is 23.1. The third-order valence-electron chi connectivity index (χ3n) is 5.69. The second-order valence-corrected chi connectivity index (χ2v) is 8.38. The topological polar surface area (TPSA) is 46.1 Å². The summed E-state index contributed by atoms with van der Waals surface area (Å²) < 4.78 is 11.1. The number of hydrogen-bond acceptors (Lipinski definition) is 4. The van der Waals surface area contributed by atoms with Crippen LogP contribution in [-0.2, 0) is 4.74 Å². The maximum absolute atomic E-state index is 5.55. The van der Waals surface area contributed by atoms with Gasteiger partial charge in [0.1, 0.15) is 5.75 Å². The van der Waals surface area contributed by atoms with Crippen molar-refractivity contribution in [3.05, 3.63) is 29.8 Å². The predicted molar refractivity (Wildman–Crippen MR) is 110 cm³/mol. The fourth-order valence-corrected chi connectivity index (χ4v) is 4.66. The van der Waals surface area contributed by atoms with E-state index in [0.29, 0.717) is 5.92 Å². The Labute approximate surface area is 161 Å². The van der Waals surface area contributed by atoms with Crippen molar-refractivity contribution in [1.29, 1.82) is 0 Å². The summed E-state index contributed by atoms with van der Waals surface area (Å²) in [5.41, 5.74) is 1.38. The maximum Gasteiger partial charge on any atom is 0.193 e. The molecule has 5 nitrogen and oxygen atoms in total. The van der Waals surface area contributed by atoms with Crippen molar-refractivity contribution in [2.45, 2.75) is 29.9 Å². The zero-order valence-corrected chi connectivity index (χ0v) is 17.0. The molecule has 0 radical (unpaired) electrons. The molecule has 1 N–H and O–H groups in total. The number of hydrogen-bond donors (Lipinski definition) is 1. The monoisotopic (exact) mass is 377 g/mol. The first-order chi connectivity index (χ1) is 12.7. The highest BCUT2D eigenvalue weighted by atomic mass is 32.2. The zero-order chi connectivity index (χ0) is 18.4. The maximum atomic E-state index is 5.55. The summed E-state index contributed by atoms with van der Waals surface area (Å²) in [6.45, 7) is 4.75. The van der Waals surface area contributed by atoms with Crippen LogP contribution in [0.5, 0.6) is 5.75 Å². The summed E-state index contributed by atoms with van der Waals surface area (Å²) in [6.07, 6.45) is 5.58. The molecule has 0 bridgehead atoms. The highest BCUT2D eigenvalue weighted by molar-refractivity contribution is 8.00. The van der Waals surface area contributed by atoms with E-state index in [1.54, 1.807) is 7.11 Å². The van der Waals surface area contributed by atoms with Crippen LogP contribution in [0.4, 0.5) is 0 Å². The number of aliphatic imine (C=N–C) groups is 1. The van der Waals surface area contributed by atoms with Crippen molar-refractivity contribution in [2.24, 2.45) is 4.99 Å². The summed E-state index contributed by atoms with van der Waals surface area (Å²) in [4.78, 5) is 6.94. The molecule has 0 saturated carbocycles. The van der Waals surface area contributed by atoms with Crippen LogP contribution in [0.2, 0.25) is 0 Å². The van der Waals surface area contributed by atoms with Crippen LogP contribution in [0.3, 0.4) is 0 Å². The first kappa shape index (κ1) is 19.4. The van der Waals surface area contributed by atoms with Crippen LogP contribution in [0, 0.1) is 0 Å². The van der Waals surface area contributed by atoms with E-state index >= 15 is 0 Å². The van der Waals surface area contributed by atoms with Gasteiger partial charge in [-0.05, 0) is 43.2 Å². The van der Waals surface area contributed by atoms with Crippen molar-refractivity contribution in [1.82, 2.24) is 10.2 Å². The van der Waals surface area contributed by atoms with Crippen LogP contribution in [0.1, 0.15) is 30.7 Å². The molecule has 3 rings (SSSR count). The van der Waals surface area contributed by atoms with Crippen LogP contribution in [-0.4, -0.2) is 68.9 Å². The molecule has 2 heterocycles. The number of ether oxygens (including phenoxy) is 2. The standard InChI is InChI=1S/C20H31N3O2S/c1-21-19(22-15-20(26-3)9-12-25-13-10-20)23-11-8-17(14-23)16-4-6-18(24-2)7-5-16/h4-7,17H,8-15H2,1-3H3,(H,21,22). The molecule has 1 unspecified atom stereocenters. The molecule has 6 heteroatoms. The molecule has 0 aromatic heterocycles. The predicted octanol–water partition coefficient (Wildman–Crippen LogP) is 2.97. The Kier molecular flexibility index (Phi) is 6.70. The summed E-state index contributed by atoms with van der Waals surface area (Å²) in [7, 11) is 3.60. The van der Waals surface area contributed by atoms with Gasteiger partial charge in [-0.15, -0.1) is 0 Å². The fourth-order valence-electron chi connectivity index (χ4n) is 3.87. The number of methoxy groups -OCH3 is 1. The Morgan fingerprint density at radius 3 is 2.69 bits per heavy atom. The largest absolute Gasteiger partial charge is 0.497 e. The molecule has 0 aliphatic carbocycles. The molecule has 26 heavy (non-hydrogen) atoms. The lowest BCUT2D eigenvalue weighted by Crippen LogP contribution is -2.48. The summed E-state index contributed by atoms with van der Waals surface area (Å²) in [5, 5.41) is 3.64. The van der Waals surface area contributed by atoms with Gasteiger partial charge in [-0.25, -0.2) is 0 Å². The Morgan fingerprint density at radius 2 is 2.08 bits per heavy atom. The average molecular weight is 378 g/mol. The molecule has 2 saturated heterocycles. The van der Waals surface area contributed by atoms with Gasteiger partial charge >= 0.3 is 0 Å². The van der Waals surface area contributed by atoms with Crippen molar-refractivity contribution in [3.63, 3.8) is 0 Å². The van der Waals surface area contributed by atoms with Gasteiger partial charge in [0.05, 0.1) is 7.11 Å². The Bertz CT molecular complexity index is 600. The van der Waals surface area contributed by atoms with Gasteiger partial charge in [0.25, 0.3) is 0 Å². The van der Waals surface area contributed by atoms with E-state index in [4.69, 9.17) is 9.47 Å². The smallest absolute Gasteiger partial charge is 0.193 e. The second kappa shape index (κ2) is 9.00. The van der Waals surface area contributed by atoms with Gasteiger partial charge in [-0.1, -0.05) is 12.1 Å². The lowest BCUT2D eigenvalue weighted by Gasteiger charge is -2.37. The van der Waals surface area contributed by atoms with Crippen LogP contribution >= 0.6 is 11.8 Å². The molecular formula is C20H31N3O2S. The Morgan fingerprint density at radius 1 is 1.35 bits per heavy atom. The third kappa shape index (κ3) is 4.46. The van der Waals surface area contributed by atoms with E-state index in [0.717, 1.165) is 63.8 Å². The highest BCUT2D eigenvalue weighted by Crippen LogP contribution is 2.33. The number of likely N-dealkylation sites (tertiary alicyclic amines) is 1. The van der Waals surface area contributed by atoms with E-state index in [1.807, 2.05) is 18.8 Å². The van der Waals surface area contributed by atoms with Gasteiger partial charge in [0.2, 0.25) is 0 Å². The number of nitrogens with one attached hydrogen (secondary N) is 1. The van der Waals surface area contributed by atoms with Crippen molar-refractivity contribution in [3.8, 4) is 5.75 Å². The van der Waals surface area contributed by atoms with Gasteiger partial charge in [-0.3, -0.25) is 4.99 Å². The minimum absolute atomic E-state index is 0.267. The molecule has 2 fully saturated rings. The minimum atomic E-state index is 0.267. The van der Waals surface area contributed by atoms with E-state index in [-0.39, 0.29) is 4.75 Å². The SMILES string of the molecule is CN=C(NCC1(SC)CCOCC1)N1CCC(c2ccc(OC)cc2)C1. The average Bonchev–Trinajstić information content (AvgIpc) is 3.19. The Hall–Kier alpha value is -1.40. The van der Waals surface area contributed by atoms with E-state index in [1.165, 1.54) is 5.56 Å². The summed E-state index contributed by atoms with van der Waals surface area (Å²) >= 11 is 1.96. The molecule has 0 spiro atoms. The lowest BCUT2D eigenvalue weighted by molar-refractivity contribution is 0.0781. The Balaban J connectivity index is 1.57. The lowest BCUT2D eigenvalue weighted by atomic mass is 9.98. The molecule has 0 amide bonds. The molecule has 144 valence electrons. The number of thioether (sulfide) groups is 1. The summed E-state index contributed by atoms with van der Waals surface area (Å²) in [6, 6.07) is 8.48. The summed E-state index contributed by atoms with van der Waals surface area (Å²) in [5.74, 6) is 2.50. The van der Waals surface area contributed by atoms with Crippen LogP contribution in [0.25, 0.3) is 0 Å². The van der Waals surface area contributed by atoms with Crippen molar-refractivity contribution >= 4 is 17.7 Å². The number of guanidine groups is 1. The number of rotatable bonds is 5. The van der Waals surface area contributed by atoms with Gasteiger partial charge in [0.15, 0.2) is 5.96 Å². The van der Waals surface area contributed by atoms with Crippen molar-refractivity contribution in [2.75, 3.05) is 53.3 Å². The third-order valence-corrected chi connectivity index (χ3v) is 7.11. The first-order valence-corrected chi connectivity index (χ1v) is 10.6. The zero-order valence-electron chi connectivity index (χ0n) is 16.2. The molecular weight excluding hydrogens is 346 g/mol. The molecule has 2 aliphatic rings. The molecule has 2 aliphatic heterocycles. The van der Waals surface area contributed by atoms with Crippen molar-refractivity contribution < 1.29 is 9.47 Å². The molecule has 1 atom stereocenters. The molecule has 1 aromatic rings. The van der Waals surface area contributed by atoms with Gasteiger partial charge in [-0.2, -0.15) is 11.8 Å². The minimum Gasteiger partial charge on any atom is -0.497 e. The second-order valence-electron chi connectivity index (χ2n) is 7.11. The van der Waals surface area contributed by atoms with Crippen LogP contribution in [0.15, 0.2) is 29.3 Å². The number of nitrogens with zero attached hydrogens (tertiary/aromatic N) is 2. The van der Waals surface area contributed by atoms with E-state index in [2.05, 4.69) is 45.7 Å². The van der Waals surface area contributed by atoms with Crippen LogP contribution < -0.4 is 10.1 Å². The highest BCUT2D eigenvalue weighted by Gasteiger charge is 2.33. The number of benzene rings is 1. The molecule has 1 aromatic carbocycles. The van der Waals surface area contributed by atoms with E-state index < -0.39 is 0 Å².